The molecule has 0 N–H and O–H groups in total. The molecule has 1 aromatic rings. The standard InChI is InChI=1S/C17H25NO3/c1-4-15(19)6-5-8-18-9-7-13-10-16(20-2)17(21-3)11-14(13)12-18/h10-11H,4-9,12H2,1-3H3. The number of methoxy groups -OCH3 is 2. The Balaban J connectivity index is 1.98. The van der Waals surface area contributed by atoms with E-state index in [-0.39, 0.29) is 0 Å². The molecule has 4 nitrogen and oxygen atoms in total. The summed E-state index contributed by atoms with van der Waals surface area (Å²) in [5, 5.41) is 0. The minimum atomic E-state index is 0.360. The summed E-state index contributed by atoms with van der Waals surface area (Å²) < 4.78 is 10.7. The molecule has 1 heterocycles. The SMILES string of the molecule is CCC(=O)CCCN1CCc2cc(OC)c(OC)cc2C1. The summed E-state index contributed by atoms with van der Waals surface area (Å²) in [7, 11) is 3.34. The van der Waals surface area contributed by atoms with Crippen LogP contribution in [-0.4, -0.2) is 38.0 Å². The van der Waals surface area contributed by atoms with Crippen molar-refractivity contribution >= 4 is 5.78 Å². The van der Waals surface area contributed by atoms with Crippen LogP contribution in [0.15, 0.2) is 12.1 Å². The van der Waals surface area contributed by atoms with Crippen molar-refractivity contribution in [2.75, 3.05) is 27.3 Å². The first-order chi connectivity index (χ1) is 10.2. The molecule has 0 bridgehead atoms. The van der Waals surface area contributed by atoms with E-state index in [0.717, 1.165) is 44.0 Å². The molecule has 0 unspecified atom stereocenters. The van der Waals surface area contributed by atoms with E-state index in [2.05, 4.69) is 17.0 Å². The van der Waals surface area contributed by atoms with Gasteiger partial charge < -0.3 is 9.47 Å². The molecule has 0 aromatic heterocycles. The molecule has 0 spiro atoms. The number of fused-ring (bicyclic) bond motifs is 1. The Kier molecular flexibility index (Phi) is 5.62. The molecule has 4 heteroatoms. The number of hydrogen-bond donors (Lipinski definition) is 0. The van der Waals surface area contributed by atoms with E-state index < -0.39 is 0 Å². The lowest BCUT2D eigenvalue weighted by Gasteiger charge is -2.29. The lowest BCUT2D eigenvalue weighted by molar-refractivity contribution is -0.118. The second-order valence-electron chi connectivity index (χ2n) is 5.50. The van der Waals surface area contributed by atoms with Gasteiger partial charge in [0, 0.05) is 25.9 Å². The monoisotopic (exact) mass is 291 g/mol. The average Bonchev–Trinajstić information content (AvgIpc) is 2.53. The van der Waals surface area contributed by atoms with Crippen molar-refractivity contribution in [3.63, 3.8) is 0 Å². The molecule has 21 heavy (non-hydrogen) atoms. The van der Waals surface area contributed by atoms with Crippen molar-refractivity contribution in [3.8, 4) is 11.5 Å². The van der Waals surface area contributed by atoms with E-state index in [1.54, 1.807) is 14.2 Å². The highest BCUT2D eigenvalue weighted by Crippen LogP contribution is 2.33. The van der Waals surface area contributed by atoms with Gasteiger partial charge in [0.05, 0.1) is 14.2 Å². The van der Waals surface area contributed by atoms with Gasteiger partial charge in [0.1, 0.15) is 5.78 Å². The lowest BCUT2D eigenvalue weighted by Crippen LogP contribution is -2.31. The molecular weight excluding hydrogens is 266 g/mol. The first-order valence-corrected chi connectivity index (χ1v) is 7.65. The molecular formula is C17H25NO3. The van der Waals surface area contributed by atoms with Crippen LogP contribution in [-0.2, 0) is 17.8 Å². The number of ketones is 1. The van der Waals surface area contributed by atoms with Gasteiger partial charge in [-0.3, -0.25) is 9.69 Å². The van der Waals surface area contributed by atoms with Crippen LogP contribution in [0.2, 0.25) is 0 Å². The second kappa shape index (κ2) is 7.46. The molecule has 0 saturated carbocycles. The summed E-state index contributed by atoms with van der Waals surface area (Å²) in [6.07, 6.45) is 3.33. The highest BCUT2D eigenvalue weighted by molar-refractivity contribution is 5.77. The third kappa shape index (κ3) is 3.97. The Labute approximate surface area is 127 Å². The van der Waals surface area contributed by atoms with E-state index in [1.807, 2.05) is 6.92 Å². The van der Waals surface area contributed by atoms with Crippen molar-refractivity contribution in [1.29, 1.82) is 0 Å². The molecule has 0 radical (unpaired) electrons. The molecule has 0 aliphatic carbocycles. The van der Waals surface area contributed by atoms with Crippen molar-refractivity contribution in [2.24, 2.45) is 0 Å². The van der Waals surface area contributed by atoms with Gasteiger partial charge in [0.15, 0.2) is 11.5 Å². The smallest absolute Gasteiger partial charge is 0.161 e. The highest BCUT2D eigenvalue weighted by Gasteiger charge is 2.19. The number of rotatable bonds is 7. The minimum absolute atomic E-state index is 0.360. The molecule has 2 rings (SSSR count). The Morgan fingerprint density at radius 2 is 1.86 bits per heavy atom. The summed E-state index contributed by atoms with van der Waals surface area (Å²) in [5.41, 5.74) is 2.65. The van der Waals surface area contributed by atoms with Gasteiger partial charge >= 0.3 is 0 Å². The zero-order chi connectivity index (χ0) is 15.2. The highest BCUT2D eigenvalue weighted by atomic mass is 16.5. The maximum atomic E-state index is 11.4. The van der Waals surface area contributed by atoms with Crippen LogP contribution >= 0.6 is 0 Å². The van der Waals surface area contributed by atoms with Gasteiger partial charge in [-0.1, -0.05) is 6.92 Å². The number of ether oxygens (including phenoxy) is 2. The molecule has 116 valence electrons. The van der Waals surface area contributed by atoms with E-state index >= 15 is 0 Å². The fourth-order valence-electron chi connectivity index (χ4n) is 2.81. The summed E-state index contributed by atoms with van der Waals surface area (Å²) in [5.74, 6) is 1.95. The van der Waals surface area contributed by atoms with Crippen molar-refractivity contribution in [1.82, 2.24) is 4.90 Å². The van der Waals surface area contributed by atoms with Crippen molar-refractivity contribution in [2.45, 2.75) is 39.2 Å². The number of benzene rings is 1. The van der Waals surface area contributed by atoms with Gasteiger partial charge in [0.2, 0.25) is 0 Å². The first kappa shape index (κ1) is 15.8. The number of nitrogens with zero attached hydrogens (tertiary/aromatic N) is 1. The van der Waals surface area contributed by atoms with Gasteiger partial charge in [-0.15, -0.1) is 0 Å². The normalized spacial score (nSPS) is 14.6. The first-order valence-electron chi connectivity index (χ1n) is 7.65. The van der Waals surface area contributed by atoms with Gasteiger partial charge in [0.25, 0.3) is 0 Å². The fourth-order valence-corrected chi connectivity index (χ4v) is 2.81. The minimum Gasteiger partial charge on any atom is -0.493 e. The van der Waals surface area contributed by atoms with Crippen molar-refractivity contribution < 1.29 is 14.3 Å². The predicted molar refractivity (Wildman–Crippen MR) is 83.1 cm³/mol. The third-order valence-corrected chi connectivity index (χ3v) is 4.12. The fraction of sp³-hybridized carbons (Fsp3) is 0.588. The predicted octanol–water partition coefficient (Wildman–Crippen LogP) is 2.82. The van der Waals surface area contributed by atoms with E-state index in [9.17, 15) is 4.79 Å². The summed E-state index contributed by atoms with van der Waals surface area (Å²) in [6.45, 7) is 4.89. The van der Waals surface area contributed by atoms with Crippen molar-refractivity contribution in [3.05, 3.63) is 23.3 Å². The number of carbonyl (C=O) groups is 1. The molecule has 0 amide bonds. The summed E-state index contributed by atoms with van der Waals surface area (Å²) in [4.78, 5) is 13.8. The van der Waals surface area contributed by atoms with Crippen LogP contribution in [0.5, 0.6) is 11.5 Å². The van der Waals surface area contributed by atoms with Gasteiger partial charge in [-0.05, 0) is 42.6 Å². The topological polar surface area (TPSA) is 38.8 Å². The van der Waals surface area contributed by atoms with E-state index in [0.29, 0.717) is 18.6 Å². The van der Waals surface area contributed by atoms with Gasteiger partial charge in [-0.2, -0.15) is 0 Å². The van der Waals surface area contributed by atoms with Crippen LogP contribution in [0.1, 0.15) is 37.3 Å². The maximum absolute atomic E-state index is 11.4. The lowest BCUT2D eigenvalue weighted by atomic mass is 9.98. The summed E-state index contributed by atoms with van der Waals surface area (Å²) in [6, 6.07) is 4.17. The number of hydrogen-bond acceptors (Lipinski definition) is 4. The zero-order valence-electron chi connectivity index (χ0n) is 13.3. The Hall–Kier alpha value is -1.55. The van der Waals surface area contributed by atoms with Crippen LogP contribution in [0.25, 0.3) is 0 Å². The van der Waals surface area contributed by atoms with Crippen LogP contribution < -0.4 is 9.47 Å². The van der Waals surface area contributed by atoms with E-state index in [1.165, 1.54) is 11.1 Å². The second-order valence-corrected chi connectivity index (χ2v) is 5.50. The Morgan fingerprint density at radius 1 is 1.19 bits per heavy atom. The summed E-state index contributed by atoms with van der Waals surface area (Å²) >= 11 is 0. The zero-order valence-corrected chi connectivity index (χ0v) is 13.3. The van der Waals surface area contributed by atoms with Gasteiger partial charge in [-0.25, -0.2) is 0 Å². The van der Waals surface area contributed by atoms with Crippen LogP contribution in [0, 0.1) is 0 Å². The molecule has 1 aliphatic heterocycles. The molecule has 1 aliphatic rings. The quantitative estimate of drug-likeness (QED) is 0.774. The Bertz CT molecular complexity index is 499. The Morgan fingerprint density at radius 3 is 2.48 bits per heavy atom. The number of Topliss-reactive ketones (excluding diaryl/α,β-unsaturated/α-hetero) is 1. The molecule has 0 atom stereocenters. The largest absolute Gasteiger partial charge is 0.493 e. The third-order valence-electron chi connectivity index (χ3n) is 4.12. The molecule has 1 aromatic carbocycles. The van der Waals surface area contributed by atoms with Crippen LogP contribution in [0.3, 0.4) is 0 Å². The van der Waals surface area contributed by atoms with E-state index in [4.69, 9.17) is 9.47 Å². The number of carbonyl (C=O) groups excluding carboxylic acids is 1. The van der Waals surface area contributed by atoms with Crippen LogP contribution in [0.4, 0.5) is 0 Å². The molecule has 0 fully saturated rings. The molecule has 0 saturated heterocycles. The average molecular weight is 291 g/mol. The maximum Gasteiger partial charge on any atom is 0.161 e.